The number of rotatable bonds is 16. The van der Waals surface area contributed by atoms with Gasteiger partial charge in [-0.2, -0.15) is 0 Å². The van der Waals surface area contributed by atoms with E-state index in [1.165, 1.54) is 6.92 Å². The highest BCUT2D eigenvalue weighted by atomic mass is 16.6. The minimum Gasteiger partial charge on any atom is -0.460 e. The number of hydrogen-bond donors (Lipinski definition) is 5. The average molecular weight is 767 g/mol. The van der Waals surface area contributed by atoms with Crippen LogP contribution in [0.5, 0.6) is 0 Å². The van der Waals surface area contributed by atoms with Gasteiger partial charge in [-0.05, 0) is 70.7 Å². The van der Waals surface area contributed by atoms with Crippen LogP contribution in [0.3, 0.4) is 0 Å². The Hall–Kier alpha value is -6.00. The molecule has 0 saturated heterocycles. The van der Waals surface area contributed by atoms with Crippen molar-refractivity contribution in [3.8, 4) is 11.1 Å². The fourth-order valence-corrected chi connectivity index (χ4v) is 5.36. The molecule has 55 heavy (non-hydrogen) atoms. The van der Waals surface area contributed by atoms with E-state index in [1.807, 2.05) is 48.5 Å². The van der Waals surface area contributed by atoms with E-state index in [2.05, 4.69) is 26.6 Å². The maximum Gasteiger partial charge on any atom is 0.409 e. The van der Waals surface area contributed by atoms with Crippen molar-refractivity contribution < 1.29 is 52.6 Å². The average Bonchev–Trinajstić information content (AvgIpc) is 3.41. The predicted octanol–water partition coefficient (Wildman–Crippen LogP) is 1.87. The molecule has 2 aromatic carbocycles. The highest BCUT2D eigenvalue weighted by molar-refractivity contribution is 5.95. The molecular formula is C38H50N6O11. The first kappa shape index (κ1) is 43.4. The van der Waals surface area contributed by atoms with Crippen LogP contribution in [0.15, 0.2) is 48.5 Å². The predicted molar refractivity (Wildman–Crippen MR) is 198 cm³/mol. The molecule has 17 nitrogen and oxygen atoms in total. The van der Waals surface area contributed by atoms with Gasteiger partial charge in [0.05, 0.1) is 26.2 Å². The van der Waals surface area contributed by atoms with E-state index in [0.29, 0.717) is 0 Å². The van der Waals surface area contributed by atoms with Gasteiger partial charge in [0, 0.05) is 5.92 Å². The summed E-state index contributed by atoms with van der Waals surface area (Å²) in [6.45, 7) is 8.22. The summed E-state index contributed by atoms with van der Waals surface area (Å²) in [6, 6.07) is 14.2. The van der Waals surface area contributed by atoms with Crippen molar-refractivity contribution >= 4 is 47.6 Å². The molecule has 0 spiro atoms. The summed E-state index contributed by atoms with van der Waals surface area (Å²) in [7, 11) is 0. The zero-order valence-electron chi connectivity index (χ0n) is 32.2. The van der Waals surface area contributed by atoms with Crippen LogP contribution in [0, 0.1) is 0 Å². The minimum atomic E-state index is -1.43. The number of ketones is 1. The SMILES string of the molecule is CC(=O)CNC(=O)C(CC(=O)OC(C)(C)C)NC(=O)CNC(=O)CN(CNC(=O)OC(C)(C)C)C(=O)CNC(=O)OCC1c2ccccc2-c2ccccc21. The first-order valence-corrected chi connectivity index (χ1v) is 17.6. The maximum absolute atomic E-state index is 13.2. The topological polar surface area (TPSA) is 228 Å². The number of hydrogen-bond acceptors (Lipinski definition) is 11. The third kappa shape index (κ3) is 14.7. The summed E-state index contributed by atoms with van der Waals surface area (Å²) >= 11 is 0. The van der Waals surface area contributed by atoms with E-state index >= 15 is 0 Å². The van der Waals surface area contributed by atoms with Gasteiger partial charge in [0.2, 0.25) is 23.6 Å². The van der Waals surface area contributed by atoms with Crippen molar-refractivity contribution in [1.29, 1.82) is 0 Å². The van der Waals surface area contributed by atoms with Crippen LogP contribution in [0.4, 0.5) is 9.59 Å². The molecular weight excluding hydrogens is 716 g/mol. The van der Waals surface area contributed by atoms with Crippen molar-refractivity contribution in [3.63, 3.8) is 0 Å². The second-order valence-corrected chi connectivity index (χ2v) is 14.7. The summed E-state index contributed by atoms with van der Waals surface area (Å²) in [6.07, 6.45) is -2.32. The first-order chi connectivity index (χ1) is 25.7. The van der Waals surface area contributed by atoms with Gasteiger partial charge in [-0.3, -0.25) is 28.8 Å². The zero-order chi connectivity index (χ0) is 40.9. The lowest BCUT2D eigenvalue weighted by atomic mass is 9.98. The number of alkyl carbamates (subject to hydrolysis) is 2. The Bertz CT molecular complexity index is 1720. The number of fused-ring (bicyclic) bond motifs is 3. The summed E-state index contributed by atoms with van der Waals surface area (Å²) in [5, 5.41) is 11.7. The van der Waals surface area contributed by atoms with Gasteiger partial charge in [0.1, 0.15) is 42.7 Å². The normalized spacial score (nSPS) is 12.5. The molecule has 0 bridgehead atoms. The van der Waals surface area contributed by atoms with Crippen LogP contribution in [-0.4, -0.2) is 109 Å². The number of Topliss-reactive ketones (excluding diaryl/α,β-unsaturated/α-hetero) is 1. The van der Waals surface area contributed by atoms with Crippen molar-refractivity contribution in [1.82, 2.24) is 31.5 Å². The Balaban J connectivity index is 1.59. The fraction of sp³-hybridized carbons (Fsp3) is 0.474. The van der Waals surface area contributed by atoms with Gasteiger partial charge in [-0.15, -0.1) is 0 Å². The van der Waals surface area contributed by atoms with Crippen LogP contribution in [-0.2, 0) is 43.0 Å². The van der Waals surface area contributed by atoms with Crippen LogP contribution in [0.25, 0.3) is 11.1 Å². The first-order valence-electron chi connectivity index (χ1n) is 17.6. The molecule has 3 rings (SSSR count). The molecule has 0 radical (unpaired) electrons. The number of carbonyl (C=O) groups is 8. The van der Waals surface area contributed by atoms with E-state index < -0.39 is 91.8 Å². The second-order valence-electron chi connectivity index (χ2n) is 14.7. The van der Waals surface area contributed by atoms with Crippen molar-refractivity contribution in [2.75, 3.05) is 39.5 Å². The van der Waals surface area contributed by atoms with Crippen molar-refractivity contribution in [2.24, 2.45) is 0 Å². The lowest BCUT2D eigenvalue weighted by molar-refractivity contribution is -0.156. The van der Waals surface area contributed by atoms with Crippen LogP contribution < -0.4 is 26.6 Å². The third-order valence-electron chi connectivity index (χ3n) is 7.63. The number of benzene rings is 2. The van der Waals surface area contributed by atoms with Crippen LogP contribution >= 0.6 is 0 Å². The highest BCUT2D eigenvalue weighted by Crippen LogP contribution is 2.44. The monoisotopic (exact) mass is 766 g/mol. The Kier molecular flexibility index (Phi) is 15.3. The number of nitrogens with one attached hydrogen (secondary N) is 5. The molecule has 1 aliphatic carbocycles. The molecule has 6 amide bonds. The number of carbonyl (C=O) groups excluding carboxylic acids is 8. The van der Waals surface area contributed by atoms with Gasteiger partial charge in [-0.1, -0.05) is 48.5 Å². The van der Waals surface area contributed by atoms with Crippen LogP contribution in [0.1, 0.15) is 71.9 Å². The molecule has 17 heteroatoms. The summed E-state index contributed by atoms with van der Waals surface area (Å²) < 4.78 is 15.9. The van der Waals surface area contributed by atoms with Gasteiger partial charge in [0.15, 0.2) is 0 Å². The quantitative estimate of drug-likeness (QED) is 0.0942. The third-order valence-corrected chi connectivity index (χ3v) is 7.63. The standard InChI is InChI=1S/C38H50N6O11/c1-23(45)17-40-34(50)29(16-33(49)54-37(2,3)4)43-30(46)18-39-31(47)20-44(22-42-36(52)55-38(5,6)7)32(48)19-41-35(51)53-21-28-26-14-10-8-12-24(26)25-13-9-11-15-27(25)28/h8-15,28-29H,16-22H2,1-7H3,(H,39,47)(H,40,50)(H,41,51)(H,42,52)(H,43,46). The van der Waals surface area contributed by atoms with E-state index in [0.717, 1.165) is 27.2 Å². The Morgan fingerprint density at radius 3 is 1.84 bits per heavy atom. The summed E-state index contributed by atoms with van der Waals surface area (Å²) in [5.41, 5.74) is 2.36. The van der Waals surface area contributed by atoms with Gasteiger partial charge >= 0.3 is 18.2 Å². The smallest absolute Gasteiger partial charge is 0.409 e. The molecule has 0 fully saturated rings. The van der Waals surface area contributed by atoms with E-state index in [1.54, 1.807) is 41.5 Å². The van der Waals surface area contributed by atoms with Gasteiger partial charge in [-0.25, -0.2) is 9.59 Å². The van der Waals surface area contributed by atoms with Crippen molar-refractivity contribution in [2.45, 2.75) is 78.0 Å². The molecule has 298 valence electrons. The van der Waals surface area contributed by atoms with Crippen LogP contribution in [0.2, 0.25) is 0 Å². The highest BCUT2D eigenvalue weighted by Gasteiger charge is 2.30. The number of esters is 1. The Morgan fingerprint density at radius 2 is 1.27 bits per heavy atom. The largest absolute Gasteiger partial charge is 0.460 e. The molecule has 1 atom stereocenters. The second kappa shape index (κ2) is 19.4. The molecule has 0 heterocycles. The lowest BCUT2D eigenvalue weighted by Crippen LogP contribution is -2.53. The Labute approximate surface area is 319 Å². The molecule has 0 aromatic heterocycles. The molecule has 2 aromatic rings. The number of amides is 6. The maximum atomic E-state index is 13.2. The fourth-order valence-electron chi connectivity index (χ4n) is 5.36. The van der Waals surface area contributed by atoms with Gasteiger partial charge < -0.3 is 45.7 Å². The summed E-state index contributed by atoms with van der Waals surface area (Å²) in [4.78, 5) is 101. The lowest BCUT2D eigenvalue weighted by Gasteiger charge is -2.25. The van der Waals surface area contributed by atoms with Gasteiger partial charge in [0.25, 0.3) is 0 Å². The molecule has 0 aliphatic heterocycles. The molecule has 1 aliphatic rings. The van der Waals surface area contributed by atoms with E-state index in [9.17, 15) is 38.4 Å². The Morgan fingerprint density at radius 1 is 0.691 bits per heavy atom. The minimum absolute atomic E-state index is 0.000543. The van der Waals surface area contributed by atoms with E-state index in [4.69, 9.17) is 14.2 Å². The van der Waals surface area contributed by atoms with E-state index in [-0.39, 0.29) is 24.9 Å². The van der Waals surface area contributed by atoms with Crippen molar-refractivity contribution in [3.05, 3.63) is 59.7 Å². The number of nitrogens with zero attached hydrogens (tertiary/aromatic N) is 1. The molecule has 1 unspecified atom stereocenters. The molecule has 5 N–H and O–H groups in total. The summed E-state index contributed by atoms with van der Waals surface area (Å²) in [5.74, 6) is -4.71. The zero-order valence-corrected chi connectivity index (χ0v) is 32.2. The number of ether oxygens (including phenoxy) is 3. The molecule has 0 saturated carbocycles.